The second kappa shape index (κ2) is 7.31. The van der Waals surface area contributed by atoms with Crippen LogP contribution in [0.2, 0.25) is 0 Å². The minimum Gasteiger partial charge on any atom is -0.459 e. The Bertz CT molecular complexity index is 975. The maximum Gasteiger partial charge on any atom is 0.410 e. The zero-order valence-corrected chi connectivity index (χ0v) is 16.6. The predicted molar refractivity (Wildman–Crippen MR) is 103 cm³/mol. The number of halogens is 3. The lowest BCUT2D eigenvalue weighted by Crippen LogP contribution is -2.50. The van der Waals surface area contributed by atoms with E-state index in [1.54, 1.807) is 17.0 Å². The smallest absolute Gasteiger partial charge is 0.410 e. The largest absolute Gasteiger partial charge is 0.459 e. The van der Waals surface area contributed by atoms with Crippen molar-refractivity contribution in [1.29, 1.82) is 0 Å². The molecule has 1 saturated heterocycles. The summed E-state index contributed by atoms with van der Waals surface area (Å²) in [5.74, 6) is 0.0273. The van der Waals surface area contributed by atoms with Crippen molar-refractivity contribution in [1.82, 2.24) is 19.6 Å². The Balaban J connectivity index is 1.29. The van der Waals surface area contributed by atoms with E-state index < -0.39 is 18.1 Å². The molecule has 0 aromatic carbocycles. The average Bonchev–Trinajstić information content (AvgIpc) is 3.28. The molecule has 2 aromatic rings. The summed E-state index contributed by atoms with van der Waals surface area (Å²) >= 11 is 0. The number of anilines is 1. The summed E-state index contributed by atoms with van der Waals surface area (Å²) in [6.07, 6.45) is -1.26. The Morgan fingerprint density at radius 3 is 2.35 bits per heavy atom. The van der Waals surface area contributed by atoms with Gasteiger partial charge in [-0.3, -0.25) is 9.59 Å². The van der Waals surface area contributed by atoms with E-state index in [9.17, 15) is 22.8 Å². The van der Waals surface area contributed by atoms with E-state index in [2.05, 4.69) is 10.4 Å². The molecule has 0 bridgehead atoms. The lowest BCUT2D eigenvalue weighted by Gasteiger charge is -2.34. The Morgan fingerprint density at radius 2 is 1.77 bits per heavy atom. The number of rotatable bonds is 3. The van der Waals surface area contributed by atoms with Gasteiger partial charge >= 0.3 is 6.18 Å². The van der Waals surface area contributed by atoms with Crippen LogP contribution in [-0.4, -0.2) is 69.8 Å². The molecule has 11 heteroatoms. The second-order valence-electron chi connectivity index (χ2n) is 8.30. The number of hydrogen-bond acceptors (Lipinski definition) is 5. The first-order valence-corrected chi connectivity index (χ1v) is 10.4. The Hall–Kier alpha value is -2.98. The molecule has 2 fully saturated rings. The fourth-order valence-electron chi connectivity index (χ4n) is 4.35. The van der Waals surface area contributed by atoms with Gasteiger partial charge in [0.2, 0.25) is 0 Å². The number of amides is 2. The minimum absolute atomic E-state index is 0.0148. The van der Waals surface area contributed by atoms with E-state index in [0.29, 0.717) is 13.1 Å². The van der Waals surface area contributed by atoms with Crippen LogP contribution in [0.3, 0.4) is 0 Å². The Kier molecular flexibility index (Phi) is 4.71. The lowest BCUT2D eigenvalue weighted by atomic mass is 10.0. The van der Waals surface area contributed by atoms with E-state index in [-0.39, 0.29) is 54.6 Å². The summed E-state index contributed by atoms with van der Waals surface area (Å²) in [6, 6.07) is 2.63. The highest BCUT2D eigenvalue weighted by Crippen LogP contribution is 2.45. The van der Waals surface area contributed by atoms with Gasteiger partial charge in [-0.2, -0.15) is 18.3 Å². The van der Waals surface area contributed by atoms with Crippen molar-refractivity contribution in [2.45, 2.75) is 37.5 Å². The van der Waals surface area contributed by atoms with Gasteiger partial charge in [-0.05, 0) is 37.3 Å². The number of nitrogens with one attached hydrogen (secondary N) is 1. The van der Waals surface area contributed by atoms with Gasteiger partial charge in [0.15, 0.2) is 17.5 Å². The van der Waals surface area contributed by atoms with Gasteiger partial charge in [-0.15, -0.1) is 0 Å². The SMILES string of the molecule is O=C(c1cc2n(n1)[C@@H](C(F)(F)F)C[C@H](C1CC1)N2)N1CCN(C(=O)c2ccco2)CC1. The molecule has 8 nitrogen and oxygen atoms in total. The first-order valence-electron chi connectivity index (χ1n) is 10.4. The summed E-state index contributed by atoms with van der Waals surface area (Å²) in [7, 11) is 0. The number of carbonyl (C=O) groups excluding carboxylic acids is 2. The topological polar surface area (TPSA) is 83.6 Å². The van der Waals surface area contributed by atoms with Gasteiger partial charge in [0, 0.05) is 38.3 Å². The number of nitrogens with zero attached hydrogens (tertiary/aromatic N) is 4. The zero-order chi connectivity index (χ0) is 21.8. The van der Waals surface area contributed by atoms with Gasteiger partial charge in [0.05, 0.1) is 6.26 Å². The first kappa shape index (κ1) is 20.0. The highest BCUT2D eigenvalue weighted by Gasteiger charge is 2.49. The van der Waals surface area contributed by atoms with Crippen LogP contribution in [0.1, 0.15) is 46.3 Å². The molecule has 2 aliphatic heterocycles. The number of alkyl halides is 3. The molecule has 2 aromatic heterocycles. The van der Waals surface area contributed by atoms with E-state index in [4.69, 9.17) is 4.42 Å². The number of carbonyl (C=O) groups is 2. The standard InChI is InChI=1S/C20H22F3N5O3/c21-20(22,23)16-10-13(12-3-4-12)24-17-11-14(25-28(16)17)18(29)26-5-7-27(8-6-26)19(30)15-2-1-9-31-15/h1-2,9,11-13,16,24H,3-8,10H2/t13-,16-/m1/s1. The van der Waals surface area contributed by atoms with E-state index >= 15 is 0 Å². The monoisotopic (exact) mass is 437 g/mol. The fourth-order valence-corrected chi connectivity index (χ4v) is 4.35. The number of piperazine rings is 1. The molecular weight excluding hydrogens is 415 g/mol. The van der Waals surface area contributed by atoms with Crippen LogP contribution in [0.25, 0.3) is 0 Å². The molecule has 0 radical (unpaired) electrons. The normalized spacial score (nSPS) is 24.0. The predicted octanol–water partition coefficient (Wildman–Crippen LogP) is 2.77. The molecule has 166 valence electrons. The van der Waals surface area contributed by atoms with Gasteiger partial charge in [-0.1, -0.05) is 0 Å². The van der Waals surface area contributed by atoms with Crippen LogP contribution < -0.4 is 5.32 Å². The van der Waals surface area contributed by atoms with Gasteiger partial charge < -0.3 is 19.5 Å². The first-order chi connectivity index (χ1) is 14.8. The summed E-state index contributed by atoms with van der Waals surface area (Å²) < 4.78 is 47.0. The van der Waals surface area contributed by atoms with Gasteiger partial charge in [0.25, 0.3) is 11.8 Å². The van der Waals surface area contributed by atoms with Crippen molar-refractivity contribution in [2.24, 2.45) is 5.92 Å². The quantitative estimate of drug-likeness (QED) is 0.799. The van der Waals surface area contributed by atoms with Crippen LogP contribution in [0, 0.1) is 5.92 Å². The minimum atomic E-state index is -4.44. The second-order valence-corrected chi connectivity index (χ2v) is 8.30. The van der Waals surface area contributed by atoms with E-state index in [1.165, 1.54) is 17.2 Å². The molecule has 0 unspecified atom stereocenters. The van der Waals surface area contributed by atoms with E-state index in [0.717, 1.165) is 17.5 Å². The molecule has 3 aliphatic rings. The van der Waals surface area contributed by atoms with E-state index in [1.807, 2.05) is 0 Å². The third kappa shape index (κ3) is 3.77. The van der Waals surface area contributed by atoms with Crippen molar-refractivity contribution in [3.05, 3.63) is 35.9 Å². The Labute approximate surface area is 176 Å². The maximum absolute atomic E-state index is 13.6. The highest BCUT2D eigenvalue weighted by atomic mass is 19.4. The zero-order valence-electron chi connectivity index (χ0n) is 16.6. The number of aromatic nitrogens is 2. The molecule has 1 aliphatic carbocycles. The third-order valence-electron chi connectivity index (χ3n) is 6.22. The average molecular weight is 437 g/mol. The molecule has 0 spiro atoms. The Morgan fingerprint density at radius 1 is 1.10 bits per heavy atom. The van der Waals surface area contributed by atoms with Crippen molar-refractivity contribution in [2.75, 3.05) is 31.5 Å². The van der Waals surface area contributed by atoms with Gasteiger partial charge in [0.1, 0.15) is 5.82 Å². The van der Waals surface area contributed by atoms with Crippen LogP contribution >= 0.6 is 0 Å². The number of fused-ring (bicyclic) bond motifs is 1. The van der Waals surface area contributed by atoms with Crippen molar-refractivity contribution >= 4 is 17.6 Å². The summed E-state index contributed by atoms with van der Waals surface area (Å²) in [5, 5.41) is 7.17. The summed E-state index contributed by atoms with van der Waals surface area (Å²) in [5.41, 5.74) is -0.0148. The van der Waals surface area contributed by atoms with Crippen LogP contribution in [0.15, 0.2) is 28.9 Å². The van der Waals surface area contributed by atoms with Crippen molar-refractivity contribution in [3.8, 4) is 0 Å². The summed E-state index contributed by atoms with van der Waals surface area (Å²) in [4.78, 5) is 28.4. The maximum atomic E-state index is 13.6. The van der Waals surface area contributed by atoms with Crippen LogP contribution in [-0.2, 0) is 0 Å². The third-order valence-corrected chi connectivity index (χ3v) is 6.22. The highest BCUT2D eigenvalue weighted by molar-refractivity contribution is 5.94. The molecule has 2 atom stereocenters. The summed E-state index contributed by atoms with van der Waals surface area (Å²) in [6.45, 7) is 1.17. The van der Waals surface area contributed by atoms with Crippen LogP contribution in [0.4, 0.5) is 19.0 Å². The molecule has 4 heterocycles. The lowest BCUT2D eigenvalue weighted by molar-refractivity contribution is -0.174. The number of furan rings is 1. The molecule has 1 saturated carbocycles. The van der Waals surface area contributed by atoms with Crippen molar-refractivity contribution < 1.29 is 27.2 Å². The molecule has 1 N–H and O–H groups in total. The molecule has 2 amide bonds. The number of hydrogen-bond donors (Lipinski definition) is 1. The van der Waals surface area contributed by atoms with Gasteiger partial charge in [-0.25, -0.2) is 4.68 Å². The molecular formula is C20H22F3N5O3. The van der Waals surface area contributed by atoms with Crippen molar-refractivity contribution in [3.63, 3.8) is 0 Å². The van der Waals surface area contributed by atoms with Crippen LogP contribution in [0.5, 0.6) is 0 Å². The molecule has 31 heavy (non-hydrogen) atoms. The molecule has 5 rings (SSSR count). The fraction of sp³-hybridized carbons (Fsp3) is 0.550.